The standard InChI is InChI=1S/C20H15ClN4O3/c21-13-2-3-14-15(7-13)24-18(26)6-12-9-23-20(25-19(12)14)22-8-11-1-4-16-17(5-11)28-10-27-16/h1-5,7,9H,6,8,10H2,(H,24,26)(H,22,23,25). The number of fused-ring (bicyclic) bond motifs is 4. The van der Waals surface area contributed by atoms with Crippen LogP contribution in [0, 0.1) is 0 Å². The number of aromatic nitrogens is 2. The number of ether oxygens (including phenoxy) is 2. The number of halogens is 1. The van der Waals surface area contributed by atoms with Crippen molar-refractivity contribution in [2.24, 2.45) is 0 Å². The molecule has 1 aromatic heterocycles. The van der Waals surface area contributed by atoms with Gasteiger partial charge in [-0.25, -0.2) is 9.97 Å². The van der Waals surface area contributed by atoms with Gasteiger partial charge in [-0.15, -0.1) is 0 Å². The molecule has 2 N–H and O–H groups in total. The van der Waals surface area contributed by atoms with E-state index in [1.165, 1.54) is 0 Å². The maximum atomic E-state index is 12.2. The highest BCUT2D eigenvalue weighted by atomic mass is 35.5. The summed E-state index contributed by atoms with van der Waals surface area (Å²) < 4.78 is 10.7. The van der Waals surface area contributed by atoms with Crippen molar-refractivity contribution in [3.8, 4) is 22.8 Å². The number of nitrogens with one attached hydrogen (secondary N) is 2. The fraction of sp³-hybridized carbons (Fsp3) is 0.150. The average molecular weight is 395 g/mol. The second-order valence-corrected chi connectivity index (χ2v) is 6.96. The molecular formula is C20H15ClN4O3. The van der Waals surface area contributed by atoms with Crippen LogP contribution < -0.4 is 20.1 Å². The Bertz CT molecular complexity index is 1100. The van der Waals surface area contributed by atoms with Gasteiger partial charge < -0.3 is 20.1 Å². The number of hydrogen-bond acceptors (Lipinski definition) is 6. The van der Waals surface area contributed by atoms with Gasteiger partial charge in [0.25, 0.3) is 0 Å². The van der Waals surface area contributed by atoms with E-state index in [0.717, 1.165) is 28.2 Å². The molecule has 5 rings (SSSR count). The van der Waals surface area contributed by atoms with Gasteiger partial charge in [-0.3, -0.25) is 4.79 Å². The van der Waals surface area contributed by atoms with E-state index >= 15 is 0 Å². The molecule has 7 nitrogen and oxygen atoms in total. The lowest BCUT2D eigenvalue weighted by Gasteiger charge is -2.11. The SMILES string of the molecule is O=C1Cc2cnc(NCc3ccc4c(c3)OCO4)nc2-c2ccc(Cl)cc2N1. The highest BCUT2D eigenvalue weighted by Crippen LogP contribution is 2.35. The van der Waals surface area contributed by atoms with Crippen molar-refractivity contribution in [3.63, 3.8) is 0 Å². The molecule has 0 unspecified atom stereocenters. The van der Waals surface area contributed by atoms with Crippen molar-refractivity contribution in [3.05, 3.63) is 58.7 Å². The predicted molar refractivity (Wildman–Crippen MR) is 105 cm³/mol. The van der Waals surface area contributed by atoms with Gasteiger partial charge in [0.15, 0.2) is 11.5 Å². The third-order valence-corrected chi connectivity index (χ3v) is 4.85. The summed E-state index contributed by atoms with van der Waals surface area (Å²) in [4.78, 5) is 21.2. The fourth-order valence-corrected chi connectivity index (χ4v) is 3.45. The Hall–Kier alpha value is -3.32. The average Bonchev–Trinajstić information content (AvgIpc) is 3.10. The molecule has 8 heteroatoms. The molecule has 2 aliphatic rings. The minimum atomic E-state index is -0.119. The Kier molecular flexibility index (Phi) is 4.02. The quantitative estimate of drug-likeness (QED) is 0.705. The summed E-state index contributed by atoms with van der Waals surface area (Å²) in [7, 11) is 0. The topological polar surface area (TPSA) is 85.4 Å². The lowest BCUT2D eigenvalue weighted by Crippen LogP contribution is -2.13. The Morgan fingerprint density at radius 3 is 2.96 bits per heavy atom. The number of anilines is 2. The van der Waals surface area contributed by atoms with Gasteiger partial charge in [-0.05, 0) is 35.9 Å². The van der Waals surface area contributed by atoms with Crippen LogP contribution in [-0.2, 0) is 17.8 Å². The second kappa shape index (κ2) is 6.69. The maximum absolute atomic E-state index is 12.2. The first-order valence-electron chi connectivity index (χ1n) is 8.74. The van der Waals surface area contributed by atoms with Crippen molar-refractivity contribution in [1.82, 2.24) is 9.97 Å². The van der Waals surface area contributed by atoms with Crippen molar-refractivity contribution in [2.75, 3.05) is 17.4 Å². The molecule has 140 valence electrons. The van der Waals surface area contributed by atoms with E-state index < -0.39 is 0 Å². The van der Waals surface area contributed by atoms with Gasteiger partial charge >= 0.3 is 0 Å². The monoisotopic (exact) mass is 394 g/mol. The van der Waals surface area contributed by atoms with E-state index in [0.29, 0.717) is 28.9 Å². The zero-order valence-corrected chi connectivity index (χ0v) is 15.4. The number of carbonyl (C=O) groups is 1. The minimum Gasteiger partial charge on any atom is -0.454 e. The van der Waals surface area contributed by atoms with Crippen molar-refractivity contribution in [2.45, 2.75) is 13.0 Å². The molecule has 3 heterocycles. The smallest absolute Gasteiger partial charge is 0.231 e. The molecule has 0 atom stereocenters. The Balaban J connectivity index is 1.44. The first kappa shape index (κ1) is 16.8. The first-order chi connectivity index (χ1) is 13.7. The summed E-state index contributed by atoms with van der Waals surface area (Å²) in [6.45, 7) is 0.774. The van der Waals surface area contributed by atoms with E-state index in [9.17, 15) is 4.79 Å². The molecule has 1 amide bonds. The van der Waals surface area contributed by atoms with Gasteiger partial charge in [-0.1, -0.05) is 17.7 Å². The predicted octanol–water partition coefficient (Wildman–Crippen LogP) is 3.63. The molecule has 2 aliphatic heterocycles. The van der Waals surface area contributed by atoms with E-state index in [1.807, 2.05) is 24.3 Å². The minimum absolute atomic E-state index is 0.119. The number of amides is 1. The summed E-state index contributed by atoms with van der Waals surface area (Å²) in [6.07, 6.45) is 1.90. The van der Waals surface area contributed by atoms with E-state index in [4.69, 9.17) is 21.1 Å². The van der Waals surface area contributed by atoms with Crippen LogP contribution in [0.25, 0.3) is 11.3 Å². The van der Waals surface area contributed by atoms with Gasteiger partial charge in [-0.2, -0.15) is 0 Å². The van der Waals surface area contributed by atoms with Crippen LogP contribution in [0.5, 0.6) is 11.5 Å². The largest absolute Gasteiger partial charge is 0.454 e. The number of rotatable bonds is 3. The Labute approximate surface area is 165 Å². The molecule has 0 bridgehead atoms. The maximum Gasteiger partial charge on any atom is 0.231 e. The summed E-state index contributed by atoms with van der Waals surface area (Å²) >= 11 is 6.08. The summed E-state index contributed by atoms with van der Waals surface area (Å²) in [5.41, 5.74) is 3.97. The second-order valence-electron chi connectivity index (χ2n) is 6.52. The Morgan fingerprint density at radius 1 is 1.14 bits per heavy atom. The van der Waals surface area contributed by atoms with Gasteiger partial charge in [0.2, 0.25) is 18.6 Å². The van der Waals surface area contributed by atoms with Gasteiger partial charge in [0.05, 0.1) is 17.8 Å². The lowest BCUT2D eigenvalue weighted by molar-refractivity contribution is -0.115. The van der Waals surface area contributed by atoms with Gasteiger partial charge in [0, 0.05) is 28.9 Å². The molecule has 0 saturated carbocycles. The van der Waals surface area contributed by atoms with Crippen LogP contribution in [0.15, 0.2) is 42.6 Å². The normalized spacial score (nSPS) is 14.0. The zero-order chi connectivity index (χ0) is 19.1. The number of benzene rings is 2. The van der Waals surface area contributed by atoms with E-state index in [2.05, 4.69) is 20.6 Å². The van der Waals surface area contributed by atoms with E-state index in [1.54, 1.807) is 18.3 Å². The van der Waals surface area contributed by atoms with Crippen LogP contribution in [0.3, 0.4) is 0 Å². The van der Waals surface area contributed by atoms with Crippen LogP contribution in [0.4, 0.5) is 11.6 Å². The first-order valence-corrected chi connectivity index (χ1v) is 9.11. The zero-order valence-electron chi connectivity index (χ0n) is 14.7. The summed E-state index contributed by atoms with van der Waals surface area (Å²) in [5, 5.41) is 6.65. The fourth-order valence-electron chi connectivity index (χ4n) is 3.28. The molecule has 3 aromatic rings. The van der Waals surface area contributed by atoms with Crippen molar-refractivity contribution < 1.29 is 14.3 Å². The molecular weight excluding hydrogens is 380 g/mol. The van der Waals surface area contributed by atoms with Crippen molar-refractivity contribution >= 4 is 29.1 Å². The number of nitrogens with zero attached hydrogens (tertiary/aromatic N) is 2. The van der Waals surface area contributed by atoms with Crippen LogP contribution in [0.1, 0.15) is 11.1 Å². The summed E-state index contributed by atoms with van der Waals surface area (Å²) in [6, 6.07) is 11.1. The molecule has 0 aliphatic carbocycles. The highest BCUT2D eigenvalue weighted by molar-refractivity contribution is 6.31. The van der Waals surface area contributed by atoms with Crippen LogP contribution in [0.2, 0.25) is 5.02 Å². The number of carbonyl (C=O) groups excluding carboxylic acids is 1. The molecule has 0 fully saturated rings. The highest BCUT2D eigenvalue weighted by Gasteiger charge is 2.21. The number of hydrogen-bond donors (Lipinski definition) is 2. The van der Waals surface area contributed by atoms with Gasteiger partial charge in [0.1, 0.15) is 0 Å². The van der Waals surface area contributed by atoms with Crippen molar-refractivity contribution in [1.29, 1.82) is 0 Å². The summed E-state index contributed by atoms with van der Waals surface area (Å²) in [5.74, 6) is 1.84. The lowest BCUT2D eigenvalue weighted by atomic mass is 10.1. The molecule has 0 spiro atoms. The van der Waals surface area contributed by atoms with E-state index in [-0.39, 0.29) is 19.1 Å². The molecule has 28 heavy (non-hydrogen) atoms. The Morgan fingerprint density at radius 2 is 2.04 bits per heavy atom. The van der Waals surface area contributed by atoms with Crippen LogP contribution >= 0.6 is 11.6 Å². The molecule has 0 radical (unpaired) electrons. The van der Waals surface area contributed by atoms with Crippen LogP contribution in [-0.4, -0.2) is 22.7 Å². The third kappa shape index (κ3) is 3.10. The third-order valence-electron chi connectivity index (χ3n) is 4.61. The molecule has 0 saturated heterocycles. The molecule has 2 aromatic carbocycles.